The van der Waals surface area contributed by atoms with Crippen LogP contribution in [0.25, 0.3) is 10.1 Å². The van der Waals surface area contributed by atoms with Gasteiger partial charge in [0.15, 0.2) is 0 Å². The summed E-state index contributed by atoms with van der Waals surface area (Å²) in [6.45, 7) is 0. The molecule has 1 aromatic carbocycles. The summed E-state index contributed by atoms with van der Waals surface area (Å²) in [6.07, 6.45) is 1.44. The van der Waals surface area contributed by atoms with Crippen molar-refractivity contribution in [2.24, 2.45) is 0 Å². The highest BCUT2D eigenvalue weighted by atomic mass is 32.2. The molecule has 0 spiro atoms. The number of fused-ring (bicyclic) bond motifs is 1. The van der Waals surface area contributed by atoms with E-state index in [-0.39, 0.29) is 5.25 Å². The van der Waals surface area contributed by atoms with Crippen LogP contribution in [0.1, 0.15) is 12.8 Å². The Hall–Kier alpha value is -1.09. The Labute approximate surface area is 115 Å². The van der Waals surface area contributed by atoms with Crippen LogP contribution in [0.2, 0.25) is 0 Å². The zero-order valence-electron chi connectivity index (χ0n) is 9.91. The highest BCUT2D eigenvalue weighted by Crippen LogP contribution is 2.31. The number of benzene rings is 1. The van der Waals surface area contributed by atoms with Crippen molar-refractivity contribution in [3.8, 4) is 0 Å². The normalized spacial score (nSPS) is 15.7. The fourth-order valence-electron chi connectivity index (χ4n) is 1.88. The zero-order chi connectivity index (χ0) is 13.6. The van der Waals surface area contributed by atoms with Gasteiger partial charge in [0.25, 0.3) is 0 Å². The van der Waals surface area contributed by atoms with E-state index < -0.39 is 17.1 Å². The smallest absolute Gasteiger partial charge is 0.423 e. The van der Waals surface area contributed by atoms with E-state index >= 15 is 0 Å². The van der Waals surface area contributed by atoms with E-state index in [1.54, 1.807) is 24.3 Å². The molecular formula is C11H12BNO4S2. The number of sulfonamides is 1. The molecule has 1 saturated carbocycles. The van der Waals surface area contributed by atoms with Gasteiger partial charge in [-0.15, -0.1) is 11.3 Å². The summed E-state index contributed by atoms with van der Waals surface area (Å²) >= 11 is 1.27. The first-order valence-corrected chi connectivity index (χ1v) is 8.23. The van der Waals surface area contributed by atoms with E-state index in [0.29, 0.717) is 10.5 Å². The molecule has 3 rings (SSSR count). The lowest BCUT2D eigenvalue weighted by Crippen LogP contribution is -2.26. The zero-order valence-corrected chi connectivity index (χ0v) is 11.5. The van der Waals surface area contributed by atoms with Gasteiger partial charge in [-0.05, 0) is 42.5 Å². The molecule has 0 saturated heterocycles. The number of rotatable bonds is 4. The van der Waals surface area contributed by atoms with Gasteiger partial charge in [0.1, 0.15) is 0 Å². The Morgan fingerprint density at radius 2 is 2.00 bits per heavy atom. The van der Waals surface area contributed by atoms with Crippen molar-refractivity contribution in [2.45, 2.75) is 18.1 Å². The largest absolute Gasteiger partial charge is 0.499 e. The molecule has 2 aromatic rings. The summed E-state index contributed by atoms with van der Waals surface area (Å²) in [4.78, 5) is 0. The summed E-state index contributed by atoms with van der Waals surface area (Å²) in [7, 11) is -4.76. The van der Waals surface area contributed by atoms with Crippen LogP contribution in [0.5, 0.6) is 0 Å². The van der Waals surface area contributed by atoms with Gasteiger partial charge in [-0.3, -0.25) is 4.72 Å². The number of hydrogen-bond donors (Lipinski definition) is 3. The Morgan fingerprint density at radius 3 is 2.63 bits per heavy atom. The highest BCUT2D eigenvalue weighted by Gasteiger charge is 2.35. The number of nitrogens with one attached hydrogen (secondary N) is 1. The van der Waals surface area contributed by atoms with Crippen LogP contribution in [0, 0.1) is 0 Å². The van der Waals surface area contributed by atoms with Gasteiger partial charge >= 0.3 is 7.12 Å². The van der Waals surface area contributed by atoms with Gasteiger partial charge in [-0.1, -0.05) is 0 Å². The van der Waals surface area contributed by atoms with Crippen LogP contribution in [0.4, 0.5) is 5.69 Å². The minimum Gasteiger partial charge on any atom is -0.423 e. The first-order chi connectivity index (χ1) is 8.95. The fourth-order valence-corrected chi connectivity index (χ4v) is 4.18. The molecular weight excluding hydrogens is 285 g/mol. The van der Waals surface area contributed by atoms with Crippen LogP contribution < -0.4 is 9.50 Å². The third-order valence-corrected chi connectivity index (χ3v) is 6.04. The summed E-state index contributed by atoms with van der Waals surface area (Å²) in [5.41, 5.74) is 0.510. The lowest BCUT2D eigenvalue weighted by atomic mass is 9.89. The molecule has 1 aromatic heterocycles. The first kappa shape index (κ1) is 12.9. The van der Waals surface area contributed by atoms with Crippen molar-refractivity contribution in [3.05, 3.63) is 24.3 Å². The predicted octanol–water partition coefficient (Wildman–Crippen LogP) is 0.485. The summed E-state index contributed by atoms with van der Waals surface area (Å²) < 4.78 is 27.5. The average Bonchev–Trinajstić information content (AvgIpc) is 3.09. The van der Waals surface area contributed by atoms with Crippen molar-refractivity contribution < 1.29 is 18.5 Å². The molecule has 3 N–H and O–H groups in total. The minimum atomic E-state index is -3.26. The van der Waals surface area contributed by atoms with Crippen LogP contribution in [0.15, 0.2) is 24.3 Å². The van der Waals surface area contributed by atoms with E-state index in [4.69, 9.17) is 10.0 Å². The van der Waals surface area contributed by atoms with Crippen molar-refractivity contribution in [2.75, 3.05) is 4.72 Å². The molecule has 1 aliphatic rings. The van der Waals surface area contributed by atoms with Crippen LogP contribution >= 0.6 is 11.3 Å². The second-order valence-corrected chi connectivity index (χ2v) is 7.70. The minimum absolute atomic E-state index is 0.263. The molecule has 5 nitrogen and oxygen atoms in total. The van der Waals surface area contributed by atoms with Crippen molar-refractivity contribution in [1.82, 2.24) is 0 Å². The lowest BCUT2D eigenvalue weighted by molar-refractivity contribution is 0.427. The van der Waals surface area contributed by atoms with Gasteiger partial charge in [0.05, 0.1) is 5.25 Å². The highest BCUT2D eigenvalue weighted by molar-refractivity contribution is 7.93. The van der Waals surface area contributed by atoms with Gasteiger partial charge in [-0.25, -0.2) is 8.42 Å². The Morgan fingerprint density at radius 1 is 1.26 bits per heavy atom. The average molecular weight is 297 g/mol. The molecule has 0 unspecified atom stereocenters. The third kappa shape index (κ3) is 2.62. The quantitative estimate of drug-likeness (QED) is 0.717. The standard InChI is InChI=1S/C11H12BNO4S2/c14-12(15)11-6-7-5-8(1-4-10(7)18-11)13-19(16,17)9-2-3-9/h1,4-6,9,13-15H,2-3H2. The molecule has 1 heterocycles. The number of anilines is 1. The molecule has 100 valence electrons. The van der Waals surface area contributed by atoms with Gasteiger partial charge in [0.2, 0.25) is 10.0 Å². The van der Waals surface area contributed by atoms with Crippen LogP contribution in [-0.2, 0) is 10.0 Å². The summed E-state index contributed by atoms with van der Waals surface area (Å²) in [6, 6.07) is 6.82. The molecule has 0 aliphatic heterocycles. The van der Waals surface area contributed by atoms with Gasteiger partial charge in [-0.2, -0.15) is 0 Å². The molecule has 0 bridgehead atoms. The molecule has 8 heteroatoms. The molecule has 19 heavy (non-hydrogen) atoms. The molecule has 1 aliphatic carbocycles. The predicted molar refractivity (Wildman–Crippen MR) is 77.2 cm³/mol. The maximum atomic E-state index is 11.8. The molecule has 0 atom stereocenters. The van der Waals surface area contributed by atoms with E-state index in [0.717, 1.165) is 22.9 Å². The van der Waals surface area contributed by atoms with E-state index in [2.05, 4.69) is 4.72 Å². The van der Waals surface area contributed by atoms with Gasteiger partial charge < -0.3 is 10.0 Å². The fraction of sp³-hybridized carbons (Fsp3) is 0.273. The van der Waals surface area contributed by atoms with Crippen molar-refractivity contribution in [3.63, 3.8) is 0 Å². The second-order valence-electron chi connectivity index (χ2n) is 4.62. The van der Waals surface area contributed by atoms with E-state index in [1.807, 2.05) is 0 Å². The van der Waals surface area contributed by atoms with Crippen molar-refractivity contribution in [1.29, 1.82) is 0 Å². The molecule has 0 amide bonds. The number of thiophene rings is 1. The SMILES string of the molecule is O=S(=O)(Nc1ccc2sc(B(O)O)cc2c1)C1CC1. The number of hydrogen-bond acceptors (Lipinski definition) is 5. The van der Waals surface area contributed by atoms with Gasteiger partial charge in [0, 0.05) is 15.2 Å². The van der Waals surface area contributed by atoms with Crippen molar-refractivity contribution >= 4 is 49.0 Å². The third-order valence-electron chi connectivity index (χ3n) is 3.01. The topological polar surface area (TPSA) is 86.6 Å². The maximum Gasteiger partial charge on any atom is 0.499 e. The molecule has 0 radical (unpaired) electrons. The van der Waals surface area contributed by atoms with Crippen LogP contribution in [0.3, 0.4) is 0 Å². The summed E-state index contributed by atoms with van der Waals surface area (Å²) in [5, 5.41) is 18.8. The first-order valence-electron chi connectivity index (χ1n) is 5.87. The molecule has 1 fully saturated rings. The van der Waals surface area contributed by atoms with Crippen LogP contribution in [-0.4, -0.2) is 30.8 Å². The Bertz CT molecular complexity index is 721. The maximum absolute atomic E-state index is 11.8. The van der Waals surface area contributed by atoms with E-state index in [1.165, 1.54) is 11.3 Å². The lowest BCUT2D eigenvalue weighted by Gasteiger charge is -2.06. The monoisotopic (exact) mass is 297 g/mol. The Kier molecular flexibility index (Phi) is 3.05. The second kappa shape index (κ2) is 4.48. The van der Waals surface area contributed by atoms with E-state index in [9.17, 15) is 8.42 Å². The Balaban J connectivity index is 1.93. The summed E-state index contributed by atoms with van der Waals surface area (Å²) in [5.74, 6) is 0.